The summed E-state index contributed by atoms with van der Waals surface area (Å²) in [5.41, 5.74) is 1.14. The van der Waals surface area contributed by atoms with Crippen molar-refractivity contribution in [3.63, 3.8) is 0 Å². The van der Waals surface area contributed by atoms with Gasteiger partial charge in [-0.3, -0.25) is 4.18 Å². The van der Waals surface area contributed by atoms with Gasteiger partial charge in [0.2, 0.25) is 0 Å². The Morgan fingerprint density at radius 3 is 2.19 bits per heavy atom. The van der Waals surface area contributed by atoms with E-state index in [0.29, 0.717) is 5.75 Å². The highest BCUT2D eigenvalue weighted by molar-refractivity contribution is 9.08. The molecule has 0 saturated carbocycles. The summed E-state index contributed by atoms with van der Waals surface area (Å²) in [5.74, 6) is 0.681. The van der Waals surface area contributed by atoms with Crippen LogP contribution >= 0.6 is 15.9 Å². The zero-order chi connectivity index (χ0) is 15.1. The first kappa shape index (κ1) is 16.0. The van der Waals surface area contributed by atoms with E-state index in [1.807, 2.05) is 24.3 Å². The SMILES string of the molecule is O=S(=O)(OCCOc1ccc(CBr)cc1)c1ccccc1. The molecule has 21 heavy (non-hydrogen) atoms. The molecule has 2 aromatic carbocycles. The Balaban J connectivity index is 1.81. The highest BCUT2D eigenvalue weighted by Gasteiger charge is 2.13. The lowest BCUT2D eigenvalue weighted by atomic mass is 10.2. The molecule has 2 rings (SSSR count). The van der Waals surface area contributed by atoms with Crippen LogP contribution in [-0.2, 0) is 19.6 Å². The number of hydrogen-bond acceptors (Lipinski definition) is 4. The molecule has 0 bridgehead atoms. The summed E-state index contributed by atoms with van der Waals surface area (Å²) in [6.45, 7) is 0.136. The van der Waals surface area contributed by atoms with Crippen LogP contribution in [0.2, 0.25) is 0 Å². The van der Waals surface area contributed by atoms with Crippen molar-refractivity contribution in [2.24, 2.45) is 0 Å². The second-order valence-electron chi connectivity index (χ2n) is 4.22. The number of ether oxygens (including phenoxy) is 1. The number of halogens is 1. The van der Waals surface area contributed by atoms with Gasteiger partial charge >= 0.3 is 0 Å². The van der Waals surface area contributed by atoms with Crippen molar-refractivity contribution in [1.82, 2.24) is 0 Å². The van der Waals surface area contributed by atoms with Crippen LogP contribution in [0.25, 0.3) is 0 Å². The fourth-order valence-corrected chi connectivity index (χ4v) is 2.92. The molecule has 0 aliphatic carbocycles. The predicted octanol–water partition coefficient (Wildman–Crippen LogP) is 3.37. The predicted molar refractivity (Wildman–Crippen MR) is 84.1 cm³/mol. The molecule has 0 amide bonds. The van der Waals surface area contributed by atoms with Crippen LogP contribution in [0.15, 0.2) is 59.5 Å². The highest BCUT2D eigenvalue weighted by atomic mass is 79.9. The highest BCUT2D eigenvalue weighted by Crippen LogP contribution is 2.15. The molecule has 0 atom stereocenters. The second kappa shape index (κ2) is 7.59. The molecule has 0 aliphatic rings. The molecule has 4 nitrogen and oxygen atoms in total. The maximum Gasteiger partial charge on any atom is 0.297 e. The molecule has 0 heterocycles. The molecule has 2 aromatic rings. The van der Waals surface area contributed by atoms with E-state index in [2.05, 4.69) is 15.9 Å². The number of alkyl halides is 1. The number of hydrogen-bond donors (Lipinski definition) is 0. The third kappa shape index (κ3) is 4.84. The van der Waals surface area contributed by atoms with Crippen molar-refractivity contribution in [1.29, 1.82) is 0 Å². The van der Waals surface area contributed by atoms with Crippen molar-refractivity contribution in [3.05, 3.63) is 60.2 Å². The minimum absolute atomic E-state index is 0.0303. The van der Waals surface area contributed by atoms with E-state index in [-0.39, 0.29) is 18.1 Å². The first-order chi connectivity index (χ1) is 10.1. The molecule has 0 spiro atoms. The van der Waals surface area contributed by atoms with E-state index in [1.165, 1.54) is 12.1 Å². The van der Waals surface area contributed by atoms with Crippen LogP contribution in [-0.4, -0.2) is 21.6 Å². The van der Waals surface area contributed by atoms with E-state index < -0.39 is 10.1 Å². The Hall–Kier alpha value is -1.37. The van der Waals surface area contributed by atoms with E-state index in [1.54, 1.807) is 18.2 Å². The second-order valence-corrected chi connectivity index (χ2v) is 6.39. The monoisotopic (exact) mass is 370 g/mol. The first-order valence-electron chi connectivity index (χ1n) is 6.34. The van der Waals surface area contributed by atoms with Gasteiger partial charge in [0, 0.05) is 5.33 Å². The molecular formula is C15H15BrO4S. The van der Waals surface area contributed by atoms with Crippen LogP contribution in [0.1, 0.15) is 5.56 Å². The molecule has 0 saturated heterocycles. The van der Waals surface area contributed by atoms with Gasteiger partial charge in [0.15, 0.2) is 0 Å². The average Bonchev–Trinajstić information content (AvgIpc) is 2.53. The van der Waals surface area contributed by atoms with Crippen molar-refractivity contribution in [2.75, 3.05) is 13.2 Å². The minimum atomic E-state index is -3.71. The number of rotatable bonds is 7. The van der Waals surface area contributed by atoms with E-state index in [9.17, 15) is 8.42 Å². The zero-order valence-corrected chi connectivity index (χ0v) is 13.6. The Morgan fingerprint density at radius 1 is 0.905 bits per heavy atom. The van der Waals surface area contributed by atoms with Crippen LogP contribution < -0.4 is 4.74 Å². The van der Waals surface area contributed by atoms with Crippen LogP contribution in [0.5, 0.6) is 5.75 Å². The fourth-order valence-electron chi connectivity index (χ4n) is 1.63. The Kier molecular flexibility index (Phi) is 5.78. The van der Waals surface area contributed by atoms with E-state index >= 15 is 0 Å². The number of benzene rings is 2. The molecule has 0 radical (unpaired) electrons. The molecule has 0 aromatic heterocycles. The summed E-state index contributed by atoms with van der Waals surface area (Å²) in [5, 5.41) is 0.783. The van der Waals surface area contributed by atoms with Crippen LogP contribution in [0, 0.1) is 0 Å². The van der Waals surface area contributed by atoms with Crippen molar-refractivity contribution in [2.45, 2.75) is 10.2 Å². The lowest BCUT2D eigenvalue weighted by molar-refractivity contribution is 0.221. The maximum atomic E-state index is 11.8. The molecule has 0 fully saturated rings. The van der Waals surface area contributed by atoms with Crippen molar-refractivity contribution < 1.29 is 17.3 Å². The van der Waals surface area contributed by atoms with Crippen LogP contribution in [0.3, 0.4) is 0 Å². The molecule has 6 heteroatoms. The first-order valence-corrected chi connectivity index (χ1v) is 8.87. The van der Waals surface area contributed by atoms with Gasteiger partial charge in [0.1, 0.15) is 19.0 Å². The molecule has 0 unspecified atom stereocenters. The summed E-state index contributed by atoms with van der Waals surface area (Å²) in [6.07, 6.45) is 0. The standard InChI is InChI=1S/C15H15BrO4S/c16-12-13-6-8-14(9-7-13)19-10-11-20-21(17,18)15-4-2-1-3-5-15/h1-9H,10-12H2. The summed E-state index contributed by atoms with van der Waals surface area (Å²) < 4.78 is 34.0. The van der Waals surface area contributed by atoms with Crippen LogP contribution in [0.4, 0.5) is 0 Å². The van der Waals surface area contributed by atoms with Gasteiger partial charge in [0.05, 0.1) is 4.90 Å². The van der Waals surface area contributed by atoms with Gasteiger partial charge in [-0.2, -0.15) is 8.42 Å². The summed E-state index contributed by atoms with van der Waals surface area (Å²) in [6, 6.07) is 15.6. The van der Waals surface area contributed by atoms with Crippen molar-refractivity contribution >= 4 is 26.0 Å². The van der Waals surface area contributed by atoms with Gasteiger partial charge in [-0.05, 0) is 29.8 Å². The van der Waals surface area contributed by atoms with Gasteiger partial charge in [-0.15, -0.1) is 0 Å². The van der Waals surface area contributed by atoms with Gasteiger partial charge in [-0.25, -0.2) is 0 Å². The fraction of sp³-hybridized carbons (Fsp3) is 0.200. The minimum Gasteiger partial charge on any atom is -0.491 e. The molecular weight excluding hydrogens is 356 g/mol. The zero-order valence-electron chi connectivity index (χ0n) is 11.2. The Labute approximate surface area is 133 Å². The summed E-state index contributed by atoms with van der Waals surface area (Å²) in [7, 11) is -3.71. The lowest BCUT2D eigenvalue weighted by Gasteiger charge is -2.08. The molecule has 0 aliphatic heterocycles. The van der Waals surface area contributed by atoms with Crippen molar-refractivity contribution in [3.8, 4) is 5.75 Å². The third-order valence-corrected chi connectivity index (χ3v) is 4.67. The largest absolute Gasteiger partial charge is 0.491 e. The van der Waals surface area contributed by atoms with E-state index in [4.69, 9.17) is 8.92 Å². The Morgan fingerprint density at radius 2 is 1.57 bits per heavy atom. The average molecular weight is 371 g/mol. The lowest BCUT2D eigenvalue weighted by Crippen LogP contribution is -2.13. The van der Waals surface area contributed by atoms with Gasteiger partial charge in [-0.1, -0.05) is 46.3 Å². The van der Waals surface area contributed by atoms with Gasteiger partial charge in [0.25, 0.3) is 10.1 Å². The summed E-state index contributed by atoms with van der Waals surface area (Å²) in [4.78, 5) is 0.145. The quantitative estimate of drug-likeness (QED) is 0.426. The normalized spacial score (nSPS) is 11.3. The molecule has 112 valence electrons. The van der Waals surface area contributed by atoms with E-state index in [0.717, 1.165) is 10.9 Å². The smallest absolute Gasteiger partial charge is 0.297 e. The van der Waals surface area contributed by atoms with Gasteiger partial charge < -0.3 is 4.74 Å². The maximum absolute atomic E-state index is 11.8. The topological polar surface area (TPSA) is 52.6 Å². The third-order valence-electron chi connectivity index (χ3n) is 2.70. The summed E-state index contributed by atoms with van der Waals surface area (Å²) >= 11 is 3.36. The molecule has 0 N–H and O–H groups in total. The Bertz CT molecular complexity index is 654.